The maximum Gasteiger partial charge on any atom is 0.416 e. The Kier molecular flexibility index (Phi) is 7.71. The highest BCUT2D eigenvalue weighted by Gasteiger charge is 2.31. The Balaban J connectivity index is 1.61. The summed E-state index contributed by atoms with van der Waals surface area (Å²) in [6.07, 6.45) is -3.55. The number of para-hydroxylation sites is 1. The van der Waals surface area contributed by atoms with E-state index in [1.165, 1.54) is 54.6 Å². The molecular formula is C30H19F3N4O6. The van der Waals surface area contributed by atoms with Gasteiger partial charge in [0.25, 0.3) is 11.2 Å². The largest absolute Gasteiger partial charge is 0.488 e. The maximum absolute atomic E-state index is 13.5. The third kappa shape index (κ3) is 6.25. The first-order valence-corrected chi connectivity index (χ1v) is 12.5. The Morgan fingerprint density at radius 3 is 2.53 bits per heavy atom. The second-order valence-electron chi connectivity index (χ2n) is 9.17. The molecule has 5 rings (SSSR count). The van der Waals surface area contributed by atoms with Crippen LogP contribution < -0.4 is 10.3 Å². The number of nitro benzene ring substituents is 1. The quantitative estimate of drug-likeness (QED) is 0.130. The molecule has 0 fully saturated rings. The molecule has 5 aromatic rings. The van der Waals surface area contributed by atoms with Crippen molar-refractivity contribution in [3.8, 4) is 17.1 Å². The molecule has 0 aliphatic carbocycles. The van der Waals surface area contributed by atoms with Gasteiger partial charge in [0.15, 0.2) is 5.82 Å². The molecule has 0 aliphatic heterocycles. The molecule has 0 aliphatic rings. The lowest BCUT2D eigenvalue weighted by molar-refractivity contribution is -0.384. The molecule has 1 N–H and O–H groups in total. The summed E-state index contributed by atoms with van der Waals surface area (Å²) in [6, 6.07) is 20.1. The van der Waals surface area contributed by atoms with Crippen molar-refractivity contribution in [2.24, 2.45) is 5.10 Å². The minimum absolute atomic E-state index is 0.0383. The number of halogens is 3. The van der Waals surface area contributed by atoms with Gasteiger partial charge in [-0.3, -0.25) is 14.9 Å². The number of rotatable bonds is 8. The number of alkyl halides is 3. The van der Waals surface area contributed by atoms with E-state index in [9.17, 15) is 38.0 Å². The second kappa shape index (κ2) is 11.6. The molecule has 1 heterocycles. The van der Waals surface area contributed by atoms with Gasteiger partial charge in [-0.05, 0) is 48.0 Å². The Morgan fingerprint density at radius 2 is 1.79 bits per heavy atom. The van der Waals surface area contributed by atoms with Gasteiger partial charge in [0.05, 0.1) is 33.2 Å². The fourth-order valence-corrected chi connectivity index (χ4v) is 4.21. The van der Waals surface area contributed by atoms with E-state index < -0.39 is 28.2 Å². The molecule has 216 valence electrons. The zero-order valence-electron chi connectivity index (χ0n) is 21.9. The van der Waals surface area contributed by atoms with Gasteiger partial charge in [0.2, 0.25) is 0 Å². The number of carboxylic acid groups (broad SMARTS) is 1. The van der Waals surface area contributed by atoms with E-state index in [1.807, 2.05) is 0 Å². The van der Waals surface area contributed by atoms with Crippen molar-refractivity contribution in [3.05, 3.63) is 134 Å². The normalized spacial score (nSPS) is 11.6. The Bertz CT molecular complexity index is 1970. The third-order valence-corrected chi connectivity index (χ3v) is 6.29. The number of ether oxygens (including phenoxy) is 1. The monoisotopic (exact) mass is 588 g/mol. The van der Waals surface area contributed by atoms with E-state index in [0.29, 0.717) is 5.56 Å². The summed E-state index contributed by atoms with van der Waals surface area (Å²) in [7, 11) is 0. The van der Waals surface area contributed by atoms with Crippen LogP contribution in [0.4, 0.5) is 18.9 Å². The first-order valence-electron chi connectivity index (χ1n) is 12.5. The van der Waals surface area contributed by atoms with E-state index >= 15 is 0 Å². The van der Waals surface area contributed by atoms with Crippen LogP contribution >= 0.6 is 0 Å². The van der Waals surface area contributed by atoms with Gasteiger partial charge in [0.1, 0.15) is 12.4 Å². The number of carboxylic acids is 1. The first-order chi connectivity index (χ1) is 20.5. The molecule has 0 bridgehead atoms. The van der Waals surface area contributed by atoms with Gasteiger partial charge in [-0.1, -0.05) is 36.4 Å². The van der Waals surface area contributed by atoms with Gasteiger partial charge in [0, 0.05) is 23.3 Å². The minimum atomic E-state index is -4.65. The van der Waals surface area contributed by atoms with E-state index in [0.717, 1.165) is 29.1 Å². The number of benzene rings is 4. The molecule has 1 aromatic heterocycles. The van der Waals surface area contributed by atoms with E-state index in [-0.39, 0.29) is 51.5 Å². The summed E-state index contributed by atoms with van der Waals surface area (Å²) < 4.78 is 47.1. The number of hydrogen-bond acceptors (Lipinski definition) is 7. The van der Waals surface area contributed by atoms with Gasteiger partial charge < -0.3 is 9.84 Å². The van der Waals surface area contributed by atoms with Crippen molar-refractivity contribution < 1.29 is 32.7 Å². The predicted molar refractivity (Wildman–Crippen MR) is 150 cm³/mol. The molecule has 10 nitrogen and oxygen atoms in total. The minimum Gasteiger partial charge on any atom is -0.488 e. The molecule has 0 unspecified atom stereocenters. The van der Waals surface area contributed by atoms with Crippen molar-refractivity contribution in [2.45, 2.75) is 12.8 Å². The lowest BCUT2D eigenvalue weighted by Gasteiger charge is -2.12. The molecule has 0 saturated carbocycles. The highest BCUT2D eigenvalue weighted by molar-refractivity contribution is 5.88. The second-order valence-corrected chi connectivity index (χ2v) is 9.17. The zero-order chi connectivity index (χ0) is 30.7. The van der Waals surface area contributed by atoms with Gasteiger partial charge in [-0.25, -0.2) is 9.78 Å². The summed E-state index contributed by atoms with van der Waals surface area (Å²) in [5, 5.41) is 25.1. The van der Waals surface area contributed by atoms with Crippen LogP contribution in [-0.4, -0.2) is 31.9 Å². The van der Waals surface area contributed by atoms with Crippen LogP contribution in [0.5, 0.6) is 5.75 Å². The lowest BCUT2D eigenvalue weighted by atomic mass is 10.1. The molecule has 43 heavy (non-hydrogen) atoms. The van der Waals surface area contributed by atoms with Gasteiger partial charge in [-0.15, -0.1) is 0 Å². The van der Waals surface area contributed by atoms with Crippen molar-refractivity contribution in [1.29, 1.82) is 0 Å². The highest BCUT2D eigenvalue weighted by Crippen LogP contribution is 2.32. The maximum atomic E-state index is 13.5. The summed E-state index contributed by atoms with van der Waals surface area (Å²) in [5.74, 6) is -1.21. The highest BCUT2D eigenvalue weighted by atomic mass is 19.4. The predicted octanol–water partition coefficient (Wildman–Crippen LogP) is 6.15. The number of aromatic nitrogens is 2. The number of fused-ring (bicyclic) bond motifs is 1. The molecular weight excluding hydrogens is 569 g/mol. The molecule has 13 heteroatoms. The first kappa shape index (κ1) is 28.7. The molecule has 0 saturated heterocycles. The number of carbonyl (C=O) groups is 1. The van der Waals surface area contributed by atoms with Crippen LogP contribution in [0.2, 0.25) is 0 Å². The molecule has 0 radical (unpaired) electrons. The Morgan fingerprint density at radius 1 is 1.02 bits per heavy atom. The van der Waals surface area contributed by atoms with Gasteiger partial charge in [-0.2, -0.15) is 22.9 Å². The number of nitrogens with zero attached hydrogens (tertiary/aromatic N) is 4. The van der Waals surface area contributed by atoms with Crippen LogP contribution in [0.3, 0.4) is 0 Å². The van der Waals surface area contributed by atoms with Crippen LogP contribution in [0.25, 0.3) is 22.3 Å². The summed E-state index contributed by atoms with van der Waals surface area (Å²) in [4.78, 5) is 40.0. The van der Waals surface area contributed by atoms with Gasteiger partial charge >= 0.3 is 12.1 Å². The zero-order valence-corrected chi connectivity index (χ0v) is 21.9. The van der Waals surface area contributed by atoms with Crippen LogP contribution in [-0.2, 0) is 12.8 Å². The van der Waals surface area contributed by atoms with Crippen molar-refractivity contribution >= 4 is 28.8 Å². The lowest BCUT2D eigenvalue weighted by Crippen LogP contribution is -2.20. The average molecular weight is 588 g/mol. The molecule has 4 aromatic carbocycles. The smallest absolute Gasteiger partial charge is 0.416 e. The fraction of sp³-hybridized carbons (Fsp3) is 0.0667. The SMILES string of the molecule is O=C(O)c1cccc(COc2ccc([N+](=O)[O-])cc2C=Nn2c(-c3cccc(C(F)(F)F)c3)nc3ccccc3c2=O)c1. The average Bonchev–Trinajstić information content (AvgIpc) is 2.99. The Labute approximate surface area is 240 Å². The summed E-state index contributed by atoms with van der Waals surface area (Å²) >= 11 is 0. The third-order valence-electron chi connectivity index (χ3n) is 6.29. The standard InChI is InChI=1S/C30H19F3N4O6/c31-30(32,33)22-8-4-6-19(14-22)27-35-25-10-2-1-9-24(25)28(38)36(27)34-16-21-15-23(37(41)42)11-12-26(21)43-17-18-5-3-7-20(13-18)29(39)40/h1-16H,17H2,(H,39,40). The fourth-order valence-electron chi connectivity index (χ4n) is 4.21. The molecule has 0 amide bonds. The Hall–Kier alpha value is -5.85. The van der Waals surface area contributed by atoms with E-state index in [2.05, 4.69) is 10.1 Å². The van der Waals surface area contributed by atoms with Crippen molar-refractivity contribution in [3.63, 3.8) is 0 Å². The topological polar surface area (TPSA) is 137 Å². The molecule has 0 spiro atoms. The number of nitro groups is 1. The van der Waals surface area contributed by atoms with Crippen molar-refractivity contribution in [2.75, 3.05) is 0 Å². The number of non-ortho nitro benzene ring substituents is 1. The number of aromatic carboxylic acids is 1. The van der Waals surface area contributed by atoms with E-state index in [1.54, 1.807) is 18.2 Å². The summed E-state index contributed by atoms with van der Waals surface area (Å²) in [5.41, 5.74) is -1.16. The summed E-state index contributed by atoms with van der Waals surface area (Å²) in [6.45, 7) is -0.104. The van der Waals surface area contributed by atoms with Crippen LogP contribution in [0.15, 0.2) is 101 Å². The number of hydrogen-bond donors (Lipinski definition) is 1. The molecule has 0 atom stereocenters. The van der Waals surface area contributed by atoms with Crippen LogP contribution in [0.1, 0.15) is 27.0 Å². The van der Waals surface area contributed by atoms with Crippen molar-refractivity contribution in [1.82, 2.24) is 9.66 Å². The van der Waals surface area contributed by atoms with Crippen LogP contribution in [0, 0.1) is 10.1 Å². The van der Waals surface area contributed by atoms with E-state index in [4.69, 9.17) is 4.74 Å².